The van der Waals surface area contributed by atoms with Crippen LogP contribution in [-0.4, -0.2) is 21.3 Å². The Balaban J connectivity index is 1.97. The van der Waals surface area contributed by atoms with Crippen LogP contribution in [0.5, 0.6) is 0 Å². The lowest BCUT2D eigenvalue weighted by atomic mass is 10.1. The van der Waals surface area contributed by atoms with Crippen molar-refractivity contribution in [1.82, 2.24) is 9.88 Å². The second-order valence-corrected chi connectivity index (χ2v) is 8.65. The van der Waals surface area contributed by atoms with Gasteiger partial charge in [0.1, 0.15) is 11.8 Å². The molecule has 0 saturated heterocycles. The summed E-state index contributed by atoms with van der Waals surface area (Å²) in [5.41, 5.74) is -0.357. The number of carbonyl (C=O) groups is 1. The highest BCUT2D eigenvalue weighted by molar-refractivity contribution is 7.90. The van der Waals surface area contributed by atoms with Crippen LogP contribution in [0.1, 0.15) is 32.7 Å². The van der Waals surface area contributed by atoms with Crippen LogP contribution in [0, 0.1) is 6.92 Å². The van der Waals surface area contributed by atoms with Gasteiger partial charge in [-0.2, -0.15) is 13.2 Å². The van der Waals surface area contributed by atoms with Crippen molar-refractivity contribution in [2.24, 2.45) is 0 Å². The number of halogens is 3. The minimum absolute atomic E-state index is 0.00627. The van der Waals surface area contributed by atoms with Gasteiger partial charge in [0.2, 0.25) is 0 Å². The number of benzene rings is 2. The molecule has 0 bridgehead atoms. The van der Waals surface area contributed by atoms with E-state index in [0.717, 1.165) is 22.3 Å². The Morgan fingerprint density at radius 1 is 1.18 bits per heavy atom. The summed E-state index contributed by atoms with van der Waals surface area (Å²) < 4.78 is 52.1. The van der Waals surface area contributed by atoms with E-state index in [-0.39, 0.29) is 17.8 Å². The van der Waals surface area contributed by atoms with E-state index in [1.165, 1.54) is 24.3 Å². The Morgan fingerprint density at radius 2 is 1.85 bits per heavy atom. The molecule has 9 heteroatoms. The lowest BCUT2D eigenvalue weighted by Crippen LogP contribution is -2.33. The summed E-state index contributed by atoms with van der Waals surface area (Å²) in [5, 5.41) is 2.65. The standard InChI is InChI=1S/C24H21F3N2O3S/c1-4-17-12-21(22(30)28-14-16-8-10-20(11-9-16)33(3)32)23(31)29(15(17)2)19-7-5-6-18(13-19)24(25,26)27/h4-13H,1,14H2,2-3H3,(H,28,30). The van der Waals surface area contributed by atoms with E-state index in [9.17, 15) is 27.3 Å². The van der Waals surface area contributed by atoms with E-state index in [1.807, 2.05) is 0 Å². The second-order valence-electron chi connectivity index (χ2n) is 7.27. The van der Waals surface area contributed by atoms with Crippen LogP contribution in [0.2, 0.25) is 0 Å². The first-order valence-corrected chi connectivity index (χ1v) is 11.4. The van der Waals surface area contributed by atoms with Gasteiger partial charge in [0.05, 0.1) is 5.56 Å². The van der Waals surface area contributed by atoms with E-state index >= 15 is 0 Å². The van der Waals surface area contributed by atoms with E-state index < -0.39 is 34.4 Å². The van der Waals surface area contributed by atoms with Crippen molar-refractivity contribution in [2.75, 3.05) is 6.26 Å². The third kappa shape index (κ3) is 5.37. The fourth-order valence-corrected chi connectivity index (χ4v) is 3.82. The number of rotatable bonds is 6. The maximum absolute atomic E-state index is 13.2. The second kappa shape index (κ2) is 9.68. The summed E-state index contributed by atoms with van der Waals surface area (Å²) in [6, 6.07) is 12.5. The summed E-state index contributed by atoms with van der Waals surface area (Å²) >= 11 is -1.13. The van der Waals surface area contributed by atoms with Crippen molar-refractivity contribution >= 4 is 23.2 Å². The molecule has 0 aliphatic carbocycles. The Bertz CT molecular complexity index is 1250. The molecule has 33 heavy (non-hydrogen) atoms. The number of alkyl halides is 3. The van der Waals surface area contributed by atoms with Crippen molar-refractivity contribution in [3.63, 3.8) is 0 Å². The highest BCUT2D eigenvalue weighted by Gasteiger charge is 2.31. The normalized spacial score (nSPS) is 12.3. The molecule has 1 unspecified atom stereocenters. The van der Waals surface area contributed by atoms with E-state index in [1.54, 1.807) is 37.4 Å². The zero-order valence-corrected chi connectivity index (χ0v) is 18.7. The first-order chi connectivity index (χ1) is 15.5. The number of nitrogens with zero attached hydrogens (tertiary/aromatic N) is 1. The number of amides is 1. The summed E-state index contributed by atoms with van der Waals surface area (Å²) in [6.07, 6.45) is -1.59. The van der Waals surface area contributed by atoms with Crippen LogP contribution in [0.15, 0.2) is 70.9 Å². The molecule has 1 N–H and O–H groups in total. The maximum atomic E-state index is 13.2. The summed E-state index contributed by atoms with van der Waals surface area (Å²) in [6.45, 7) is 5.35. The predicted octanol–water partition coefficient (Wildman–Crippen LogP) is 4.48. The van der Waals surface area contributed by atoms with Crippen LogP contribution in [0.3, 0.4) is 0 Å². The van der Waals surface area contributed by atoms with Crippen molar-refractivity contribution in [3.05, 3.63) is 99.5 Å². The van der Waals surface area contributed by atoms with Gasteiger partial charge in [-0.05, 0) is 65.6 Å². The molecule has 1 aromatic heterocycles. The molecule has 0 fully saturated rings. The molecule has 5 nitrogen and oxygen atoms in total. The van der Waals surface area contributed by atoms with E-state index in [0.29, 0.717) is 16.2 Å². The van der Waals surface area contributed by atoms with Gasteiger partial charge in [0.15, 0.2) is 4.90 Å². The Hall–Kier alpha value is -3.30. The number of carbonyl (C=O) groups excluding carboxylic acids is 1. The van der Waals surface area contributed by atoms with Crippen LogP contribution in [-0.2, 0) is 23.9 Å². The largest absolute Gasteiger partial charge is 0.612 e. The molecule has 0 radical (unpaired) electrons. The average Bonchev–Trinajstić information content (AvgIpc) is 2.77. The van der Waals surface area contributed by atoms with Crippen molar-refractivity contribution in [2.45, 2.75) is 24.5 Å². The van der Waals surface area contributed by atoms with Gasteiger partial charge in [0.25, 0.3) is 11.5 Å². The number of pyridine rings is 1. The van der Waals surface area contributed by atoms with Crippen LogP contribution in [0.4, 0.5) is 13.2 Å². The molecule has 0 saturated carbocycles. The Kier molecular flexibility index (Phi) is 7.14. The molecule has 3 aromatic rings. The Morgan fingerprint density at radius 3 is 2.42 bits per heavy atom. The summed E-state index contributed by atoms with van der Waals surface area (Å²) in [4.78, 5) is 26.6. The third-order valence-corrected chi connectivity index (χ3v) is 6.03. The minimum atomic E-state index is -4.58. The predicted molar refractivity (Wildman–Crippen MR) is 122 cm³/mol. The molecular weight excluding hydrogens is 453 g/mol. The number of hydrogen-bond acceptors (Lipinski definition) is 3. The van der Waals surface area contributed by atoms with Gasteiger partial charge in [-0.1, -0.05) is 30.9 Å². The molecule has 0 aliphatic heterocycles. The van der Waals surface area contributed by atoms with E-state index in [4.69, 9.17) is 0 Å². The molecule has 2 aromatic carbocycles. The highest BCUT2D eigenvalue weighted by atomic mass is 32.2. The maximum Gasteiger partial charge on any atom is 0.416 e. The topological polar surface area (TPSA) is 74.2 Å². The van der Waals surface area contributed by atoms with E-state index in [2.05, 4.69) is 11.9 Å². The van der Waals surface area contributed by atoms with Crippen molar-refractivity contribution in [1.29, 1.82) is 0 Å². The molecular formula is C24H21F3N2O3S. The van der Waals surface area contributed by atoms with Gasteiger partial charge < -0.3 is 9.87 Å². The highest BCUT2D eigenvalue weighted by Crippen LogP contribution is 2.30. The fourth-order valence-electron chi connectivity index (χ4n) is 3.30. The van der Waals surface area contributed by atoms with Crippen molar-refractivity contribution < 1.29 is 22.5 Å². The average molecular weight is 475 g/mol. The molecule has 0 spiro atoms. The zero-order valence-electron chi connectivity index (χ0n) is 17.9. The van der Waals surface area contributed by atoms with Crippen LogP contribution in [0.25, 0.3) is 11.8 Å². The molecule has 1 atom stereocenters. The van der Waals surface area contributed by atoms with Gasteiger partial charge in [-0.15, -0.1) is 0 Å². The number of aromatic nitrogens is 1. The lowest BCUT2D eigenvalue weighted by Gasteiger charge is -2.16. The smallest absolute Gasteiger partial charge is 0.416 e. The quantitative estimate of drug-likeness (QED) is 0.536. The molecule has 172 valence electrons. The number of hydrogen-bond donors (Lipinski definition) is 1. The van der Waals surface area contributed by atoms with Crippen molar-refractivity contribution in [3.8, 4) is 5.69 Å². The summed E-state index contributed by atoms with van der Waals surface area (Å²) in [7, 11) is 0. The first-order valence-electron chi connectivity index (χ1n) is 9.80. The third-order valence-electron chi connectivity index (χ3n) is 5.09. The van der Waals surface area contributed by atoms with Gasteiger partial charge >= 0.3 is 6.18 Å². The minimum Gasteiger partial charge on any atom is -0.612 e. The van der Waals surface area contributed by atoms with Gasteiger partial charge in [-0.3, -0.25) is 14.2 Å². The number of nitrogens with one attached hydrogen (secondary N) is 1. The van der Waals surface area contributed by atoms with Crippen LogP contribution < -0.4 is 10.9 Å². The zero-order chi connectivity index (χ0) is 24.3. The molecule has 1 amide bonds. The summed E-state index contributed by atoms with van der Waals surface area (Å²) in [5.74, 6) is -0.674. The van der Waals surface area contributed by atoms with Crippen LogP contribution >= 0.6 is 0 Å². The fraction of sp³-hybridized carbons (Fsp3) is 0.167. The first kappa shape index (κ1) is 24.3. The van der Waals surface area contributed by atoms with Gasteiger partial charge in [-0.25, -0.2) is 0 Å². The van der Waals surface area contributed by atoms with Gasteiger partial charge in [0, 0.05) is 17.9 Å². The Labute approximate surface area is 191 Å². The monoisotopic (exact) mass is 474 g/mol. The lowest BCUT2D eigenvalue weighted by molar-refractivity contribution is -0.137. The SMILES string of the molecule is C=Cc1cc(C(=O)NCc2ccc([S+](C)[O-])cc2)c(=O)n(-c2cccc(C(F)(F)F)c2)c1C. The molecule has 0 aliphatic rings. The molecule has 3 rings (SSSR count). The molecule has 1 heterocycles.